The monoisotopic (exact) mass is 454 g/mol. The topological polar surface area (TPSA) is 109 Å². The number of hydrogen-bond acceptors (Lipinski definition) is 7. The van der Waals surface area contributed by atoms with Gasteiger partial charge in [0.15, 0.2) is 11.4 Å². The molecule has 3 heterocycles. The fourth-order valence-electron chi connectivity index (χ4n) is 3.25. The molecular weight excluding hydrogens is 436 g/mol. The first-order valence-corrected chi connectivity index (χ1v) is 11.1. The first-order valence-electron chi connectivity index (χ1n) is 9.37. The molecule has 31 heavy (non-hydrogen) atoms. The van der Waals surface area contributed by atoms with E-state index in [1.165, 1.54) is 47.1 Å². The quantitative estimate of drug-likeness (QED) is 0.346. The Balaban J connectivity index is 2.03. The van der Waals surface area contributed by atoms with Crippen LogP contribution in [0.2, 0.25) is 0 Å². The van der Waals surface area contributed by atoms with Gasteiger partial charge < -0.3 is 10.2 Å². The number of rotatable bonds is 5. The van der Waals surface area contributed by atoms with Gasteiger partial charge in [0.1, 0.15) is 15.8 Å². The summed E-state index contributed by atoms with van der Waals surface area (Å²) in [6.45, 7) is 5.28. The zero-order chi connectivity index (χ0) is 22.4. The number of aryl methyl sites for hydroxylation is 2. The van der Waals surface area contributed by atoms with Gasteiger partial charge in [-0.15, -0.1) is 23.1 Å². The molecule has 9 heteroatoms. The van der Waals surface area contributed by atoms with Crippen LogP contribution >= 0.6 is 23.1 Å². The lowest BCUT2D eigenvalue weighted by atomic mass is 10.0. The molecule has 0 bridgehead atoms. The van der Waals surface area contributed by atoms with Gasteiger partial charge in [0.2, 0.25) is 0 Å². The predicted molar refractivity (Wildman–Crippen MR) is 121 cm³/mol. The molecule has 2 N–H and O–H groups in total. The van der Waals surface area contributed by atoms with Crippen LogP contribution in [0, 0.1) is 13.8 Å². The number of phenols is 1. The summed E-state index contributed by atoms with van der Waals surface area (Å²) in [6, 6.07) is 7.66. The average Bonchev–Trinajstić information content (AvgIpc) is 3.02. The van der Waals surface area contributed by atoms with Gasteiger partial charge in [-0.1, -0.05) is 12.1 Å². The molecule has 158 valence electrons. The van der Waals surface area contributed by atoms with Crippen LogP contribution in [0.5, 0.6) is 5.75 Å². The number of aromatic hydroxyl groups is 1. The lowest BCUT2D eigenvalue weighted by molar-refractivity contribution is -0.136. The Labute approximate surface area is 185 Å². The van der Waals surface area contributed by atoms with Crippen molar-refractivity contribution in [3.8, 4) is 5.75 Å². The number of aliphatic carboxylic acids is 1. The SMILES string of the molecule is Cc1sc2nc3c(S[C@@H](C)C(=O)O)cc(C(=O)c4ccccc4O)cn3c(=O)c2c1C. The minimum absolute atomic E-state index is 0.0914. The highest BCUT2D eigenvalue weighted by Gasteiger charge is 2.22. The van der Waals surface area contributed by atoms with E-state index in [0.717, 1.165) is 22.2 Å². The first kappa shape index (κ1) is 21.1. The van der Waals surface area contributed by atoms with Crippen LogP contribution in [0.15, 0.2) is 46.2 Å². The Hall–Kier alpha value is -3.17. The molecule has 1 atom stereocenters. The minimum Gasteiger partial charge on any atom is -0.507 e. The van der Waals surface area contributed by atoms with Crippen LogP contribution < -0.4 is 5.56 Å². The maximum absolute atomic E-state index is 13.3. The molecule has 0 fully saturated rings. The van der Waals surface area contributed by atoms with Crippen LogP contribution in [0.4, 0.5) is 0 Å². The standard InChI is InChI=1S/C22H18N2O5S2/c1-10-11(2)31-20-17(10)21(27)24-9-13(18(26)14-6-4-5-7-15(14)25)8-16(19(24)23-20)30-12(3)22(28)29/h4-9,12,25H,1-3H3,(H,28,29)/t12-/m0/s1. The van der Waals surface area contributed by atoms with Gasteiger partial charge in [-0.25, -0.2) is 4.98 Å². The van der Waals surface area contributed by atoms with Crippen molar-refractivity contribution in [3.63, 3.8) is 0 Å². The molecule has 0 unspecified atom stereocenters. The molecule has 0 aliphatic heterocycles. The van der Waals surface area contributed by atoms with E-state index in [2.05, 4.69) is 4.98 Å². The number of aromatic nitrogens is 2. The van der Waals surface area contributed by atoms with Crippen molar-refractivity contribution in [3.05, 3.63) is 68.4 Å². The van der Waals surface area contributed by atoms with Gasteiger partial charge in [-0.05, 0) is 44.5 Å². The summed E-state index contributed by atoms with van der Waals surface area (Å²) in [5, 5.41) is 19.1. The Kier molecular flexibility index (Phi) is 5.32. The predicted octanol–water partition coefficient (Wildman–Crippen LogP) is 4.03. The number of carbonyl (C=O) groups excluding carboxylic acids is 1. The number of ketones is 1. The van der Waals surface area contributed by atoms with Crippen molar-refractivity contribution in [2.45, 2.75) is 30.9 Å². The number of nitrogens with zero attached hydrogens (tertiary/aromatic N) is 2. The Morgan fingerprint density at radius 3 is 2.61 bits per heavy atom. The number of carbonyl (C=O) groups is 2. The van der Waals surface area contributed by atoms with E-state index in [4.69, 9.17) is 0 Å². The highest BCUT2D eigenvalue weighted by Crippen LogP contribution is 2.32. The third-order valence-corrected chi connectivity index (χ3v) is 7.28. The van der Waals surface area contributed by atoms with Crippen LogP contribution in [0.25, 0.3) is 15.9 Å². The van der Waals surface area contributed by atoms with Crippen molar-refractivity contribution in [2.75, 3.05) is 0 Å². The summed E-state index contributed by atoms with van der Waals surface area (Å²) in [6.07, 6.45) is 1.40. The fraction of sp³-hybridized carbons (Fsp3) is 0.182. The zero-order valence-electron chi connectivity index (χ0n) is 16.9. The van der Waals surface area contributed by atoms with Gasteiger partial charge in [0.05, 0.1) is 15.8 Å². The molecule has 1 aromatic carbocycles. The van der Waals surface area contributed by atoms with Gasteiger partial charge in [0.25, 0.3) is 5.56 Å². The number of benzene rings is 1. The summed E-state index contributed by atoms with van der Waals surface area (Å²) in [4.78, 5) is 44.4. The summed E-state index contributed by atoms with van der Waals surface area (Å²) in [7, 11) is 0. The molecule has 0 radical (unpaired) electrons. The number of fused-ring (bicyclic) bond motifs is 2. The average molecular weight is 455 g/mol. The van der Waals surface area contributed by atoms with Crippen LogP contribution in [0.3, 0.4) is 0 Å². The number of carboxylic acid groups (broad SMARTS) is 1. The summed E-state index contributed by atoms with van der Waals surface area (Å²) in [5.74, 6) is -1.67. The number of para-hydroxylation sites is 1. The molecule has 0 aliphatic carbocycles. The van der Waals surface area contributed by atoms with E-state index in [-0.39, 0.29) is 22.4 Å². The van der Waals surface area contributed by atoms with Crippen molar-refractivity contribution < 1.29 is 19.8 Å². The molecule has 0 spiro atoms. The lowest BCUT2D eigenvalue weighted by Crippen LogP contribution is -2.19. The minimum atomic E-state index is -1.02. The third kappa shape index (κ3) is 3.60. The van der Waals surface area contributed by atoms with Crippen LogP contribution in [-0.4, -0.2) is 36.6 Å². The number of pyridine rings is 1. The largest absolute Gasteiger partial charge is 0.507 e. The van der Waals surface area contributed by atoms with E-state index in [0.29, 0.717) is 20.8 Å². The van der Waals surface area contributed by atoms with Gasteiger partial charge in [-0.2, -0.15) is 0 Å². The van der Waals surface area contributed by atoms with E-state index < -0.39 is 17.0 Å². The Bertz CT molecular complexity index is 1440. The lowest BCUT2D eigenvalue weighted by Gasteiger charge is -2.13. The van der Waals surface area contributed by atoms with Gasteiger partial charge >= 0.3 is 5.97 Å². The van der Waals surface area contributed by atoms with E-state index in [1.54, 1.807) is 12.1 Å². The van der Waals surface area contributed by atoms with Gasteiger partial charge in [0, 0.05) is 16.6 Å². The van der Waals surface area contributed by atoms with Crippen molar-refractivity contribution >= 4 is 50.7 Å². The molecule has 3 aromatic heterocycles. The van der Waals surface area contributed by atoms with Crippen molar-refractivity contribution in [1.29, 1.82) is 0 Å². The van der Waals surface area contributed by atoms with E-state index in [1.807, 2.05) is 13.8 Å². The normalized spacial score (nSPS) is 12.4. The smallest absolute Gasteiger partial charge is 0.316 e. The van der Waals surface area contributed by atoms with Crippen LogP contribution in [-0.2, 0) is 4.79 Å². The molecule has 7 nitrogen and oxygen atoms in total. The number of carboxylic acids is 1. The molecular formula is C22H18N2O5S2. The second kappa shape index (κ2) is 7.82. The molecule has 0 aliphatic rings. The second-order valence-corrected chi connectivity index (χ2v) is 9.70. The fourth-order valence-corrected chi connectivity index (χ4v) is 5.20. The Morgan fingerprint density at radius 2 is 1.94 bits per heavy atom. The Morgan fingerprint density at radius 1 is 1.23 bits per heavy atom. The van der Waals surface area contributed by atoms with E-state index in [9.17, 15) is 24.6 Å². The maximum atomic E-state index is 13.3. The molecule has 4 rings (SSSR count). The van der Waals surface area contributed by atoms with Crippen molar-refractivity contribution in [1.82, 2.24) is 9.38 Å². The number of thioether (sulfide) groups is 1. The molecule has 4 aromatic rings. The highest BCUT2D eigenvalue weighted by molar-refractivity contribution is 8.00. The molecule has 0 amide bonds. The summed E-state index contributed by atoms with van der Waals surface area (Å²) >= 11 is 2.41. The van der Waals surface area contributed by atoms with Gasteiger partial charge in [-0.3, -0.25) is 18.8 Å². The van der Waals surface area contributed by atoms with Crippen LogP contribution in [0.1, 0.15) is 33.3 Å². The number of phenolic OH excluding ortho intramolecular Hbond substituents is 1. The molecule has 0 saturated carbocycles. The second-order valence-electron chi connectivity index (χ2n) is 7.11. The first-order chi connectivity index (χ1) is 14.7. The van der Waals surface area contributed by atoms with Crippen molar-refractivity contribution in [2.24, 2.45) is 0 Å². The highest BCUT2D eigenvalue weighted by atomic mass is 32.2. The third-order valence-electron chi connectivity index (χ3n) is 5.07. The summed E-state index contributed by atoms with van der Waals surface area (Å²) < 4.78 is 1.30. The molecule has 0 saturated heterocycles. The zero-order valence-corrected chi connectivity index (χ0v) is 18.5. The number of thiophene rings is 1. The summed E-state index contributed by atoms with van der Waals surface area (Å²) in [5.41, 5.74) is 1.05. The van der Waals surface area contributed by atoms with E-state index >= 15 is 0 Å². The number of hydrogen-bond donors (Lipinski definition) is 2. The maximum Gasteiger partial charge on any atom is 0.316 e.